The summed E-state index contributed by atoms with van der Waals surface area (Å²) in [5.74, 6) is 0.958. The summed E-state index contributed by atoms with van der Waals surface area (Å²) in [5.41, 5.74) is 3.65. The van der Waals surface area contributed by atoms with Gasteiger partial charge in [-0.15, -0.1) is 0 Å². The van der Waals surface area contributed by atoms with Crippen molar-refractivity contribution in [3.05, 3.63) is 65.9 Å². The van der Waals surface area contributed by atoms with Gasteiger partial charge in [0, 0.05) is 18.6 Å². The van der Waals surface area contributed by atoms with E-state index in [1.54, 1.807) is 0 Å². The predicted octanol–water partition coefficient (Wildman–Crippen LogP) is 4.07. The van der Waals surface area contributed by atoms with Gasteiger partial charge >= 0.3 is 0 Å². The molecule has 0 amide bonds. The highest BCUT2D eigenvalue weighted by Crippen LogP contribution is 2.30. The van der Waals surface area contributed by atoms with Crippen LogP contribution >= 0.6 is 0 Å². The monoisotopic (exact) mass is 251 g/mol. The van der Waals surface area contributed by atoms with E-state index in [1.165, 1.54) is 22.0 Å². The number of hydrogen-bond donors (Lipinski definition) is 0. The van der Waals surface area contributed by atoms with Crippen LogP contribution in [0, 0.1) is 6.92 Å². The molecule has 1 heterocycles. The number of aryl methyl sites for hydroxylation is 2. The first kappa shape index (κ1) is 11.8. The van der Waals surface area contributed by atoms with E-state index in [0.29, 0.717) is 6.61 Å². The van der Waals surface area contributed by atoms with E-state index in [1.807, 2.05) is 30.3 Å². The molecule has 2 aromatic carbocycles. The Morgan fingerprint density at radius 1 is 1.00 bits per heavy atom. The van der Waals surface area contributed by atoms with Gasteiger partial charge in [-0.05, 0) is 30.2 Å². The lowest BCUT2D eigenvalue weighted by Gasteiger charge is -2.08. The second-order valence-corrected chi connectivity index (χ2v) is 4.85. The summed E-state index contributed by atoms with van der Waals surface area (Å²) in [6.07, 6.45) is 2.14. The summed E-state index contributed by atoms with van der Waals surface area (Å²) in [5, 5.41) is 1.21. The molecule has 0 saturated heterocycles. The number of ether oxygens (including phenoxy) is 1. The molecule has 96 valence electrons. The Balaban J connectivity index is 1.93. The number of nitrogens with zero attached hydrogens (tertiary/aromatic N) is 1. The normalized spacial score (nSPS) is 10.8. The van der Waals surface area contributed by atoms with Crippen molar-refractivity contribution in [2.75, 3.05) is 0 Å². The van der Waals surface area contributed by atoms with Crippen LogP contribution in [0.1, 0.15) is 11.1 Å². The third kappa shape index (κ3) is 2.22. The van der Waals surface area contributed by atoms with E-state index in [2.05, 4.69) is 42.9 Å². The molecule has 2 heteroatoms. The molecule has 0 bridgehead atoms. The Hall–Kier alpha value is -2.22. The van der Waals surface area contributed by atoms with Crippen LogP contribution in [0.3, 0.4) is 0 Å². The maximum atomic E-state index is 5.99. The van der Waals surface area contributed by atoms with Crippen LogP contribution in [0.5, 0.6) is 5.75 Å². The van der Waals surface area contributed by atoms with E-state index in [9.17, 15) is 0 Å². The van der Waals surface area contributed by atoms with Crippen molar-refractivity contribution >= 4 is 10.9 Å². The number of hydrogen-bond acceptors (Lipinski definition) is 1. The minimum absolute atomic E-state index is 0.605. The molecule has 0 aliphatic rings. The van der Waals surface area contributed by atoms with E-state index >= 15 is 0 Å². The molecule has 1 aromatic heterocycles. The van der Waals surface area contributed by atoms with E-state index in [4.69, 9.17) is 4.74 Å². The topological polar surface area (TPSA) is 14.2 Å². The lowest BCUT2D eigenvalue weighted by molar-refractivity contribution is 0.310. The first-order valence-electron chi connectivity index (χ1n) is 6.47. The van der Waals surface area contributed by atoms with E-state index in [-0.39, 0.29) is 0 Å². The van der Waals surface area contributed by atoms with Gasteiger partial charge in [-0.2, -0.15) is 0 Å². The van der Waals surface area contributed by atoms with Crippen molar-refractivity contribution in [3.8, 4) is 5.75 Å². The summed E-state index contributed by atoms with van der Waals surface area (Å²) in [4.78, 5) is 0. The average Bonchev–Trinajstić information content (AvgIpc) is 2.74. The van der Waals surface area contributed by atoms with Crippen molar-refractivity contribution in [1.29, 1.82) is 0 Å². The Bertz CT molecular complexity index is 698. The van der Waals surface area contributed by atoms with Gasteiger partial charge in [0.2, 0.25) is 0 Å². The third-order valence-corrected chi connectivity index (χ3v) is 3.40. The molecule has 0 N–H and O–H groups in total. The zero-order chi connectivity index (χ0) is 13.2. The Morgan fingerprint density at radius 2 is 1.79 bits per heavy atom. The van der Waals surface area contributed by atoms with E-state index < -0.39 is 0 Å². The van der Waals surface area contributed by atoms with Crippen LogP contribution in [0.4, 0.5) is 0 Å². The highest BCUT2D eigenvalue weighted by Gasteiger charge is 2.08. The highest BCUT2D eigenvalue weighted by atomic mass is 16.5. The molecule has 3 rings (SSSR count). The second kappa shape index (κ2) is 4.81. The number of rotatable bonds is 3. The average molecular weight is 251 g/mol. The molecule has 0 atom stereocenters. The molecule has 0 radical (unpaired) electrons. The summed E-state index contributed by atoms with van der Waals surface area (Å²) < 4.78 is 8.13. The molecule has 0 aliphatic heterocycles. The first-order chi connectivity index (χ1) is 9.25. The molecule has 2 nitrogen and oxygen atoms in total. The summed E-state index contributed by atoms with van der Waals surface area (Å²) in [6, 6.07) is 16.5. The molecule has 0 saturated carbocycles. The van der Waals surface area contributed by atoms with Gasteiger partial charge in [-0.1, -0.05) is 36.4 Å². The lowest BCUT2D eigenvalue weighted by Crippen LogP contribution is -1.95. The molecule has 0 aliphatic carbocycles. The zero-order valence-corrected chi connectivity index (χ0v) is 11.3. The summed E-state index contributed by atoms with van der Waals surface area (Å²) >= 11 is 0. The van der Waals surface area contributed by atoms with Crippen LogP contribution in [0.25, 0.3) is 10.9 Å². The smallest absolute Gasteiger partial charge is 0.129 e. The quantitative estimate of drug-likeness (QED) is 0.684. The van der Waals surface area contributed by atoms with Crippen LogP contribution < -0.4 is 4.74 Å². The van der Waals surface area contributed by atoms with Gasteiger partial charge in [0.15, 0.2) is 0 Å². The zero-order valence-electron chi connectivity index (χ0n) is 11.3. The van der Waals surface area contributed by atoms with Gasteiger partial charge in [0.05, 0.1) is 5.52 Å². The van der Waals surface area contributed by atoms with Crippen LogP contribution in [0.2, 0.25) is 0 Å². The van der Waals surface area contributed by atoms with Gasteiger partial charge in [-0.25, -0.2) is 0 Å². The maximum Gasteiger partial charge on any atom is 0.129 e. The number of benzene rings is 2. The van der Waals surface area contributed by atoms with Crippen molar-refractivity contribution in [3.63, 3.8) is 0 Å². The van der Waals surface area contributed by atoms with Crippen molar-refractivity contribution in [1.82, 2.24) is 4.57 Å². The van der Waals surface area contributed by atoms with Crippen molar-refractivity contribution < 1.29 is 4.74 Å². The highest BCUT2D eigenvalue weighted by molar-refractivity contribution is 5.89. The van der Waals surface area contributed by atoms with Gasteiger partial charge in [0.25, 0.3) is 0 Å². The van der Waals surface area contributed by atoms with Gasteiger partial charge in [-0.3, -0.25) is 0 Å². The molecular formula is C17H17NO. The number of aromatic nitrogens is 1. The van der Waals surface area contributed by atoms with Crippen molar-refractivity contribution in [2.45, 2.75) is 13.5 Å². The minimum atomic E-state index is 0.605. The van der Waals surface area contributed by atoms with Gasteiger partial charge < -0.3 is 9.30 Å². The Morgan fingerprint density at radius 3 is 2.58 bits per heavy atom. The SMILES string of the molecule is Cc1cn(C)c2cccc(OCc3ccccc3)c12. The third-order valence-electron chi connectivity index (χ3n) is 3.40. The van der Waals surface area contributed by atoms with Gasteiger partial charge in [0.1, 0.15) is 12.4 Å². The lowest BCUT2D eigenvalue weighted by atomic mass is 10.1. The van der Waals surface area contributed by atoms with Crippen LogP contribution in [-0.4, -0.2) is 4.57 Å². The molecular weight excluding hydrogens is 234 g/mol. The maximum absolute atomic E-state index is 5.99. The molecule has 0 unspecified atom stereocenters. The predicted molar refractivity (Wildman–Crippen MR) is 78.4 cm³/mol. The molecule has 0 fully saturated rings. The summed E-state index contributed by atoms with van der Waals surface area (Å²) in [6.45, 7) is 2.73. The van der Waals surface area contributed by atoms with Crippen molar-refractivity contribution in [2.24, 2.45) is 7.05 Å². The second-order valence-electron chi connectivity index (χ2n) is 4.85. The first-order valence-corrected chi connectivity index (χ1v) is 6.47. The number of fused-ring (bicyclic) bond motifs is 1. The fourth-order valence-corrected chi connectivity index (χ4v) is 2.49. The molecule has 3 aromatic rings. The molecule has 19 heavy (non-hydrogen) atoms. The minimum Gasteiger partial charge on any atom is -0.488 e. The van der Waals surface area contributed by atoms with Crippen LogP contribution in [-0.2, 0) is 13.7 Å². The fourth-order valence-electron chi connectivity index (χ4n) is 2.49. The fraction of sp³-hybridized carbons (Fsp3) is 0.176. The van der Waals surface area contributed by atoms with Crippen LogP contribution in [0.15, 0.2) is 54.7 Å². The standard InChI is InChI=1S/C17H17NO/c1-13-11-18(2)15-9-6-10-16(17(13)15)19-12-14-7-4-3-5-8-14/h3-11H,12H2,1-2H3. The Labute approximate surface area is 113 Å². The Kier molecular flexibility index (Phi) is 3.00. The summed E-state index contributed by atoms with van der Waals surface area (Å²) in [7, 11) is 2.07. The largest absolute Gasteiger partial charge is 0.488 e. The molecule has 0 spiro atoms. The van der Waals surface area contributed by atoms with E-state index in [0.717, 1.165) is 5.75 Å².